The maximum absolute atomic E-state index is 12.1. The maximum atomic E-state index is 12.1. The van der Waals surface area contributed by atoms with Crippen molar-refractivity contribution in [1.82, 2.24) is 4.90 Å². The summed E-state index contributed by atoms with van der Waals surface area (Å²) in [5.74, 6) is 3.52. The van der Waals surface area contributed by atoms with Gasteiger partial charge in [0.15, 0.2) is 0 Å². The molecule has 4 heteroatoms. The molecule has 100 valence electrons. The molecule has 0 saturated carbocycles. The lowest BCUT2D eigenvalue weighted by molar-refractivity contribution is -0.132. The fourth-order valence-electron chi connectivity index (χ4n) is 2.35. The van der Waals surface area contributed by atoms with Crippen LogP contribution < -0.4 is 5.73 Å². The Morgan fingerprint density at radius 1 is 1.53 bits per heavy atom. The molecule has 0 bridgehead atoms. The van der Waals surface area contributed by atoms with Gasteiger partial charge in [-0.15, -0.1) is 0 Å². The van der Waals surface area contributed by atoms with Gasteiger partial charge in [0, 0.05) is 25.3 Å². The summed E-state index contributed by atoms with van der Waals surface area (Å²) in [7, 11) is 1.95. The van der Waals surface area contributed by atoms with E-state index in [0.29, 0.717) is 30.8 Å². The normalized spacial score (nSPS) is 21.8. The van der Waals surface area contributed by atoms with Crippen molar-refractivity contribution in [3.63, 3.8) is 0 Å². The minimum atomic E-state index is 0.272. The van der Waals surface area contributed by atoms with Gasteiger partial charge >= 0.3 is 0 Å². The van der Waals surface area contributed by atoms with E-state index in [0.717, 1.165) is 18.6 Å². The highest BCUT2D eigenvalue weighted by molar-refractivity contribution is 7.99. The van der Waals surface area contributed by atoms with E-state index in [2.05, 4.69) is 13.8 Å². The van der Waals surface area contributed by atoms with Gasteiger partial charge in [-0.1, -0.05) is 13.8 Å². The summed E-state index contributed by atoms with van der Waals surface area (Å²) >= 11 is 1.94. The summed E-state index contributed by atoms with van der Waals surface area (Å²) in [6.07, 6.45) is 2.81. The molecule has 1 aliphatic heterocycles. The molecule has 0 spiro atoms. The minimum absolute atomic E-state index is 0.272. The SMILES string of the molecule is CC(C)CC(CN)CC(=O)N(C)C1CCSC1. The van der Waals surface area contributed by atoms with Gasteiger partial charge in [0.05, 0.1) is 0 Å². The zero-order chi connectivity index (χ0) is 12.8. The Labute approximate surface area is 109 Å². The zero-order valence-corrected chi connectivity index (χ0v) is 12.1. The van der Waals surface area contributed by atoms with Crippen molar-refractivity contribution in [1.29, 1.82) is 0 Å². The quantitative estimate of drug-likeness (QED) is 0.792. The van der Waals surface area contributed by atoms with E-state index in [9.17, 15) is 4.79 Å². The van der Waals surface area contributed by atoms with Crippen molar-refractivity contribution >= 4 is 17.7 Å². The molecule has 1 rings (SSSR count). The zero-order valence-electron chi connectivity index (χ0n) is 11.3. The largest absolute Gasteiger partial charge is 0.342 e. The third kappa shape index (κ3) is 4.88. The first-order valence-electron chi connectivity index (χ1n) is 6.58. The lowest BCUT2D eigenvalue weighted by atomic mass is 9.93. The van der Waals surface area contributed by atoms with Crippen molar-refractivity contribution < 1.29 is 4.79 Å². The van der Waals surface area contributed by atoms with Gasteiger partial charge in [-0.25, -0.2) is 0 Å². The first-order valence-corrected chi connectivity index (χ1v) is 7.73. The number of hydrogen-bond donors (Lipinski definition) is 1. The van der Waals surface area contributed by atoms with Crippen LogP contribution in [0.25, 0.3) is 0 Å². The number of carbonyl (C=O) groups is 1. The number of amides is 1. The molecular weight excluding hydrogens is 232 g/mol. The van der Waals surface area contributed by atoms with Crippen LogP contribution >= 0.6 is 11.8 Å². The van der Waals surface area contributed by atoms with E-state index in [1.165, 1.54) is 5.75 Å². The molecule has 3 nitrogen and oxygen atoms in total. The van der Waals surface area contributed by atoms with Crippen LogP contribution in [0.1, 0.15) is 33.1 Å². The first-order chi connectivity index (χ1) is 8.04. The van der Waals surface area contributed by atoms with E-state index in [1.54, 1.807) is 0 Å². The Morgan fingerprint density at radius 3 is 2.71 bits per heavy atom. The van der Waals surface area contributed by atoms with Crippen LogP contribution in [0.2, 0.25) is 0 Å². The number of nitrogens with two attached hydrogens (primary N) is 1. The summed E-state index contributed by atoms with van der Waals surface area (Å²) < 4.78 is 0. The molecule has 0 aromatic rings. The van der Waals surface area contributed by atoms with Crippen LogP contribution in [0.5, 0.6) is 0 Å². The highest BCUT2D eigenvalue weighted by Gasteiger charge is 2.25. The van der Waals surface area contributed by atoms with Gasteiger partial charge in [0.2, 0.25) is 5.91 Å². The van der Waals surface area contributed by atoms with Crippen LogP contribution in [0.4, 0.5) is 0 Å². The molecule has 1 aliphatic rings. The number of thioether (sulfide) groups is 1. The number of rotatable bonds is 6. The van der Waals surface area contributed by atoms with E-state index < -0.39 is 0 Å². The minimum Gasteiger partial charge on any atom is -0.342 e. The Hall–Kier alpha value is -0.220. The summed E-state index contributed by atoms with van der Waals surface area (Å²) in [5.41, 5.74) is 5.75. The van der Waals surface area contributed by atoms with Gasteiger partial charge in [0.1, 0.15) is 0 Å². The Bertz CT molecular complexity index is 240. The highest BCUT2D eigenvalue weighted by atomic mass is 32.2. The van der Waals surface area contributed by atoms with Crippen molar-refractivity contribution in [3.8, 4) is 0 Å². The molecule has 0 aromatic heterocycles. The topological polar surface area (TPSA) is 46.3 Å². The van der Waals surface area contributed by atoms with E-state index in [1.807, 2.05) is 23.7 Å². The van der Waals surface area contributed by atoms with Crippen molar-refractivity contribution in [2.75, 3.05) is 25.1 Å². The maximum Gasteiger partial charge on any atom is 0.222 e. The second kappa shape index (κ2) is 7.27. The smallest absolute Gasteiger partial charge is 0.222 e. The molecule has 1 amide bonds. The average molecular weight is 258 g/mol. The Balaban J connectivity index is 2.40. The van der Waals surface area contributed by atoms with E-state index in [-0.39, 0.29) is 5.91 Å². The van der Waals surface area contributed by atoms with Gasteiger partial charge < -0.3 is 10.6 Å². The van der Waals surface area contributed by atoms with Crippen molar-refractivity contribution in [2.24, 2.45) is 17.6 Å². The Kier molecular flexibility index (Phi) is 6.34. The Morgan fingerprint density at radius 2 is 2.24 bits per heavy atom. The van der Waals surface area contributed by atoms with Crippen LogP contribution in [-0.4, -0.2) is 41.9 Å². The van der Waals surface area contributed by atoms with Crippen molar-refractivity contribution in [3.05, 3.63) is 0 Å². The van der Waals surface area contributed by atoms with Crippen LogP contribution in [0.3, 0.4) is 0 Å². The lowest BCUT2D eigenvalue weighted by Crippen LogP contribution is -2.38. The van der Waals surface area contributed by atoms with Gasteiger partial charge in [-0.05, 0) is 37.0 Å². The van der Waals surface area contributed by atoms with E-state index in [4.69, 9.17) is 5.73 Å². The molecule has 17 heavy (non-hydrogen) atoms. The number of nitrogens with zero attached hydrogens (tertiary/aromatic N) is 1. The molecule has 0 aromatic carbocycles. The third-order valence-electron chi connectivity index (χ3n) is 3.45. The average Bonchev–Trinajstić information content (AvgIpc) is 2.79. The second-order valence-corrected chi connectivity index (χ2v) is 6.61. The molecule has 2 atom stereocenters. The van der Waals surface area contributed by atoms with Gasteiger partial charge in [-0.3, -0.25) is 4.79 Å². The molecule has 0 radical (unpaired) electrons. The fraction of sp³-hybridized carbons (Fsp3) is 0.923. The summed E-state index contributed by atoms with van der Waals surface area (Å²) in [6.45, 7) is 4.99. The van der Waals surface area contributed by atoms with Gasteiger partial charge in [0.25, 0.3) is 0 Å². The first kappa shape index (κ1) is 14.8. The van der Waals surface area contributed by atoms with Crippen LogP contribution in [-0.2, 0) is 4.79 Å². The van der Waals surface area contributed by atoms with E-state index >= 15 is 0 Å². The summed E-state index contributed by atoms with van der Waals surface area (Å²) in [6, 6.07) is 0.449. The van der Waals surface area contributed by atoms with Gasteiger partial charge in [-0.2, -0.15) is 11.8 Å². The lowest BCUT2D eigenvalue weighted by Gasteiger charge is -2.26. The molecule has 1 saturated heterocycles. The molecule has 2 N–H and O–H groups in total. The summed E-state index contributed by atoms with van der Waals surface area (Å²) in [4.78, 5) is 14.1. The fourth-order valence-corrected chi connectivity index (χ4v) is 3.62. The molecule has 1 fully saturated rings. The second-order valence-electron chi connectivity index (χ2n) is 5.46. The summed E-state index contributed by atoms with van der Waals surface area (Å²) in [5, 5.41) is 0. The standard InChI is InChI=1S/C13H26N2OS/c1-10(2)6-11(8-14)7-13(16)15(3)12-4-5-17-9-12/h10-12H,4-9,14H2,1-3H3. The number of carbonyl (C=O) groups excluding carboxylic acids is 1. The highest BCUT2D eigenvalue weighted by Crippen LogP contribution is 2.23. The van der Waals surface area contributed by atoms with Crippen LogP contribution in [0.15, 0.2) is 0 Å². The monoisotopic (exact) mass is 258 g/mol. The van der Waals surface area contributed by atoms with Crippen LogP contribution in [0, 0.1) is 11.8 Å². The van der Waals surface area contributed by atoms with Crippen molar-refractivity contribution in [2.45, 2.75) is 39.2 Å². The number of hydrogen-bond acceptors (Lipinski definition) is 3. The molecule has 0 aliphatic carbocycles. The molecular formula is C13H26N2OS. The molecule has 1 heterocycles. The third-order valence-corrected chi connectivity index (χ3v) is 4.59. The predicted octanol–water partition coefficient (Wildman–Crippen LogP) is 1.96. The molecule has 2 unspecified atom stereocenters. The predicted molar refractivity (Wildman–Crippen MR) is 75.1 cm³/mol.